The van der Waals surface area contributed by atoms with E-state index in [1.165, 1.54) is 41.5 Å². The minimum atomic E-state index is -0.307. The van der Waals surface area contributed by atoms with Gasteiger partial charge in [-0.3, -0.25) is 0 Å². The minimum absolute atomic E-state index is 0.146. The standard InChI is InChI=1S/C17H21NO2S2/c1-11-10-12(17(2,3)4)6-7-14(11)22-18-13-8-9-21-15(13)16(19)20-5/h6-10,18H,1-5H3. The molecule has 0 unspecified atom stereocenters. The van der Waals surface area contributed by atoms with Crippen LogP contribution in [0.3, 0.4) is 0 Å². The quantitative estimate of drug-likeness (QED) is 0.611. The van der Waals surface area contributed by atoms with Gasteiger partial charge in [-0.2, -0.15) is 0 Å². The van der Waals surface area contributed by atoms with Gasteiger partial charge in [0.1, 0.15) is 4.88 Å². The van der Waals surface area contributed by atoms with Crippen molar-refractivity contribution in [3.8, 4) is 0 Å². The molecule has 0 aliphatic rings. The van der Waals surface area contributed by atoms with Gasteiger partial charge in [0.25, 0.3) is 0 Å². The van der Waals surface area contributed by atoms with Gasteiger partial charge in [0.2, 0.25) is 0 Å². The van der Waals surface area contributed by atoms with Crippen molar-refractivity contribution in [1.29, 1.82) is 0 Å². The van der Waals surface area contributed by atoms with Crippen LogP contribution in [0.25, 0.3) is 0 Å². The molecule has 0 saturated heterocycles. The smallest absolute Gasteiger partial charge is 0.350 e. The second-order valence-electron chi connectivity index (χ2n) is 6.09. The molecule has 0 atom stereocenters. The summed E-state index contributed by atoms with van der Waals surface area (Å²) in [5, 5.41) is 1.88. The summed E-state index contributed by atoms with van der Waals surface area (Å²) in [6, 6.07) is 8.39. The first kappa shape index (κ1) is 16.9. The van der Waals surface area contributed by atoms with Gasteiger partial charge < -0.3 is 9.46 Å². The van der Waals surface area contributed by atoms with E-state index in [-0.39, 0.29) is 11.4 Å². The van der Waals surface area contributed by atoms with Gasteiger partial charge in [-0.1, -0.05) is 32.9 Å². The number of esters is 1. The highest BCUT2D eigenvalue weighted by molar-refractivity contribution is 8.00. The Morgan fingerprint density at radius 3 is 2.59 bits per heavy atom. The number of methoxy groups -OCH3 is 1. The topological polar surface area (TPSA) is 38.3 Å². The van der Waals surface area contributed by atoms with Crippen LogP contribution in [0, 0.1) is 6.92 Å². The molecule has 0 aliphatic heterocycles. The highest BCUT2D eigenvalue weighted by Crippen LogP contribution is 2.32. The number of hydrogen-bond acceptors (Lipinski definition) is 5. The first-order chi connectivity index (χ1) is 10.3. The normalized spacial score (nSPS) is 11.3. The van der Waals surface area contributed by atoms with Crippen LogP contribution in [0.2, 0.25) is 0 Å². The molecule has 1 aromatic carbocycles. The van der Waals surface area contributed by atoms with Crippen molar-refractivity contribution in [3.63, 3.8) is 0 Å². The Morgan fingerprint density at radius 2 is 2.00 bits per heavy atom. The molecule has 0 bridgehead atoms. The second kappa shape index (κ2) is 6.75. The largest absolute Gasteiger partial charge is 0.465 e. The van der Waals surface area contributed by atoms with Crippen molar-refractivity contribution < 1.29 is 9.53 Å². The van der Waals surface area contributed by atoms with Crippen LogP contribution in [-0.2, 0) is 10.2 Å². The highest BCUT2D eigenvalue weighted by atomic mass is 32.2. The lowest BCUT2D eigenvalue weighted by Crippen LogP contribution is -2.11. The molecule has 2 rings (SSSR count). The maximum Gasteiger partial charge on any atom is 0.350 e. The fourth-order valence-electron chi connectivity index (χ4n) is 1.98. The average molecular weight is 335 g/mol. The zero-order chi connectivity index (χ0) is 16.3. The summed E-state index contributed by atoms with van der Waals surface area (Å²) < 4.78 is 8.04. The molecule has 22 heavy (non-hydrogen) atoms. The van der Waals surface area contributed by atoms with Crippen molar-refractivity contribution in [3.05, 3.63) is 45.6 Å². The molecule has 0 aliphatic carbocycles. The van der Waals surface area contributed by atoms with E-state index in [9.17, 15) is 4.79 Å². The molecule has 2 aromatic rings. The molecule has 5 heteroatoms. The lowest BCUT2D eigenvalue weighted by Gasteiger charge is -2.20. The highest BCUT2D eigenvalue weighted by Gasteiger charge is 2.16. The van der Waals surface area contributed by atoms with E-state index in [0.717, 1.165) is 10.6 Å². The average Bonchev–Trinajstić information content (AvgIpc) is 2.92. The minimum Gasteiger partial charge on any atom is -0.465 e. The van der Waals surface area contributed by atoms with Crippen LogP contribution in [-0.4, -0.2) is 13.1 Å². The van der Waals surface area contributed by atoms with Crippen LogP contribution in [0.15, 0.2) is 34.5 Å². The number of anilines is 1. The van der Waals surface area contributed by atoms with Crippen molar-refractivity contribution in [2.45, 2.75) is 38.0 Å². The Labute approximate surface area is 140 Å². The Hall–Kier alpha value is -1.46. The van der Waals surface area contributed by atoms with Crippen LogP contribution in [0.4, 0.5) is 5.69 Å². The summed E-state index contributed by atoms with van der Waals surface area (Å²) in [5.41, 5.74) is 3.48. The van der Waals surface area contributed by atoms with Gasteiger partial charge in [0.05, 0.1) is 12.8 Å². The predicted octanol–water partition coefficient (Wildman–Crippen LogP) is 5.26. The molecular formula is C17H21NO2S2. The third-order valence-corrected chi connectivity index (χ3v) is 5.24. The molecule has 0 amide bonds. The van der Waals surface area contributed by atoms with E-state index < -0.39 is 0 Å². The zero-order valence-electron chi connectivity index (χ0n) is 13.5. The molecule has 0 saturated carbocycles. The molecule has 3 nitrogen and oxygen atoms in total. The van der Waals surface area contributed by atoms with Crippen LogP contribution in [0.1, 0.15) is 41.6 Å². The molecule has 0 spiro atoms. The number of ether oxygens (including phenoxy) is 1. The molecule has 1 heterocycles. The van der Waals surface area contributed by atoms with Crippen molar-refractivity contribution in [2.75, 3.05) is 11.8 Å². The van der Waals surface area contributed by atoms with Crippen molar-refractivity contribution in [1.82, 2.24) is 0 Å². The lowest BCUT2D eigenvalue weighted by molar-refractivity contribution is 0.0607. The van der Waals surface area contributed by atoms with Gasteiger partial charge in [-0.25, -0.2) is 4.79 Å². The molecule has 118 valence electrons. The summed E-state index contributed by atoms with van der Waals surface area (Å²) >= 11 is 2.89. The third-order valence-electron chi connectivity index (χ3n) is 3.35. The van der Waals surface area contributed by atoms with Gasteiger partial charge in [0, 0.05) is 4.90 Å². The SMILES string of the molecule is COC(=O)c1sccc1NSc1ccc(C(C)(C)C)cc1C. The lowest BCUT2D eigenvalue weighted by atomic mass is 9.86. The fraction of sp³-hybridized carbons (Fsp3) is 0.353. The molecule has 1 aromatic heterocycles. The van der Waals surface area contributed by atoms with E-state index in [2.05, 4.69) is 50.6 Å². The fourth-order valence-corrected chi connectivity index (χ4v) is 3.56. The summed E-state index contributed by atoms with van der Waals surface area (Å²) in [5.74, 6) is -0.307. The van der Waals surface area contributed by atoms with Crippen LogP contribution >= 0.6 is 23.3 Å². The Kier molecular flexibility index (Phi) is 5.19. The Balaban J connectivity index is 2.13. The number of thiophene rings is 1. The van der Waals surface area contributed by atoms with Crippen LogP contribution in [0.5, 0.6) is 0 Å². The van der Waals surface area contributed by atoms with Gasteiger partial charge >= 0.3 is 5.97 Å². The van der Waals surface area contributed by atoms with E-state index in [1.807, 2.05) is 11.4 Å². The van der Waals surface area contributed by atoms with Crippen molar-refractivity contribution >= 4 is 34.9 Å². The number of carbonyl (C=O) groups is 1. The molecule has 0 radical (unpaired) electrons. The van der Waals surface area contributed by atoms with Gasteiger partial charge in [-0.05, 0) is 52.9 Å². The maximum atomic E-state index is 11.7. The molecule has 1 N–H and O–H groups in total. The second-order valence-corrected chi connectivity index (χ2v) is 7.85. The Bertz CT molecular complexity index is 672. The molecule has 0 fully saturated rings. The van der Waals surface area contributed by atoms with Crippen molar-refractivity contribution in [2.24, 2.45) is 0 Å². The van der Waals surface area contributed by atoms with E-state index in [1.54, 1.807) is 0 Å². The van der Waals surface area contributed by atoms with Crippen LogP contribution < -0.4 is 4.72 Å². The first-order valence-electron chi connectivity index (χ1n) is 7.02. The third kappa shape index (κ3) is 3.84. The number of hydrogen-bond donors (Lipinski definition) is 1. The number of carbonyl (C=O) groups excluding carboxylic acids is 1. The van der Waals surface area contributed by atoms with E-state index in [4.69, 9.17) is 4.74 Å². The summed E-state index contributed by atoms with van der Waals surface area (Å²) in [4.78, 5) is 13.4. The molecular weight excluding hydrogens is 314 g/mol. The summed E-state index contributed by atoms with van der Waals surface area (Å²) in [6.45, 7) is 8.73. The summed E-state index contributed by atoms with van der Waals surface area (Å²) in [7, 11) is 1.40. The van der Waals surface area contributed by atoms with E-state index in [0.29, 0.717) is 4.88 Å². The van der Waals surface area contributed by atoms with Gasteiger partial charge in [-0.15, -0.1) is 11.3 Å². The number of aryl methyl sites for hydroxylation is 1. The first-order valence-corrected chi connectivity index (χ1v) is 8.72. The Morgan fingerprint density at radius 1 is 1.27 bits per heavy atom. The monoisotopic (exact) mass is 335 g/mol. The van der Waals surface area contributed by atoms with Gasteiger partial charge in [0.15, 0.2) is 0 Å². The number of benzene rings is 1. The van der Waals surface area contributed by atoms with E-state index >= 15 is 0 Å². The zero-order valence-corrected chi connectivity index (χ0v) is 15.2. The predicted molar refractivity (Wildman–Crippen MR) is 95.0 cm³/mol. The maximum absolute atomic E-state index is 11.7. The number of rotatable bonds is 4. The number of nitrogens with one attached hydrogen (secondary N) is 1. The summed E-state index contributed by atoms with van der Waals surface area (Å²) in [6.07, 6.45) is 0.